The van der Waals surface area contributed by atoms with Crippen molar-refractivity contribution in [3.05, 3.63) is 46.6 Å². The van der Waals surface area contributed by atoms with Crippen LogP contribution in [-0.4, -0.2) is 72.3 Å². The Labute approximate surface area is 239 Å². The molecule has 2 aromatic heterocycles. The van der Waals surface area contributed by atoms with Gasteiger partial charge in [-0.15, -0.1) is 0 Å². The lowest BCUT2D eigenvalue weighted by atomic mass is 9.98. The predicted molar refractivity (Wildman–Crippen MR) is 156 cm³/mol. The number of amides is 1. The Balaban J connectivity index is 1.27. The second-order valence-corrected chi connectivity index (χ2v) is 13.9. The number of benzene rings is 1. The van der Waals surface area contributed by atoms with Crippen molar-refractivity contribution in [2.75, 3.05) is 47.0 Å². The maximum absolute atomic E-state index is 14.0. The Kier molecular flexibility index (Phi) is 6.34. The first-order chi connectivity index (χ1) is 19.2. The van der Waals surface area contributed by atoms with E-state index in [1.807, 2.05) is 15.5 Å². The SMILES string of the molecule is CS(=O)(=O)Nc1ccc(Cl)cc1C(=O)N1CCCC[C@H]1c1cc2nc(N3CCC3)cc(N3C[C@@H]4CC[C@H]3C4)n2n1. The maximum Gasteiger partial charge on any atom is 0.256 e. The third kappa shape index (κ3) is 4.66. The van der Waals surface area contributed by atoms with Crippen LogP contribution in [0.2, 0.25) is 5.02 Å². The Morgan fingerprint density at radius 3 is 2.60 bits per heavy atom. The van der Waals surface area contributed by atoms with E-state index in [0.717, 1.165) is 74.0 Å². The monoisotopic (exact) mass is 583 g/mol. The summed E-state index contributed by atoms with van der Waals surface area (Å²) in [5, 5.41) is 5.47. The average molecular weight is 584 g/mol. The molecule has 7 rings (SSSR count). The van der Waals surface area contributed by atoms with Crippen LogP contribution in [-0.2, 0) is 10.0 Å². The molecule has 3 aliphatic heterocycles. The molecule has 1 saturated carbocycles. The van der Waals surface area contributed by atoms with Crippen molar-refractivity contribution in [1.82, 2.24) is 19.5 Å². The third-order valence-electron chi connectivity index (χ3n) is 8.91. The zero-order chi connectivity index (χ0) is 27.6. The molecule has 2 bridgehead atoms. The van der Waals surface area contributed by atoms with Crippen LogP contribution in [0.15, 0.2) is 30.3 Å². The summed E-state index contributed by atoms with van der Waals surface area (Å²) in [5.41, 5.74) is 2.08. The number of sulfonamides is 1. The van der Waals surface area contributed by atoms with Crippen molar-refractivity contribution in [3.8, 4) is 0 Å². The quantitative estimate of drug-likeness (QED) is 0.461. The fraction of sp³-hybridized carbons (Fsp3) is 0.536. The molecule has 3 aromatic rings. The Bertz CT molecular complexity index is 1590. The first kappa shape index (κ1) is 25.9. The highest BCUT2D eigenvalue weighted by Gasteiger charge is 2.40. The van der Waals surface area contributed by atoms with E-state index in [-0.39, 0.29) is 23.2 Å². The molecular weight excluding hydrogens is 550 g/mol. The van der Waals surface area contributed by atoms with E-state index in [2.05, 4.69) is 20.6 Å². The smallest absolute Gasteiger partial charge is 0.256 e. The minimum absolute atomic E-state index is 0.225. The van der Waals surface area contributed by atoms with E-state index >= 15 is 0 Å². The molecule has 40 heavy (non-hydrogen) atoms. The number of fused-ring (bicyclic) bond motifs is 3. The molecular formula is C28H34ClN7O3S. The largest absolute Gasteiger partial charge is 0.356 e. The van der Waals surface area contributed by atoms with Crippen molar-refractivity contribution in [2.45, 2.75) is 57.0 Å². The van der Waals surface area contributed by atoms with E-state index < -0.39 is 10.0 Å². The summed E-state index contributed by atoms with van der Waals surface area (Å²) >= 11 is 6.26. The molecule has 1 aromatic carbocycles. The number of anilines is 3. The van der Waals surface area contributed by atoms with Crippen LogP contribution in [0.4, 0.5) is 17.3 Å². The van der Waals surface area contributed by atoms with Gasteiger partial charge in [0.05, 0.1) is 29.2 Å². The molecule has 5 heterocycles. The molecule has 3 saturated heterocycles. The number of nitrogens with one attached hydrogen (secondary N) is 1. The second kappa shape index (κ2) is 9.80. The van der Waals surface area contributed by atoms with Gasteiger partial charge in [0.15, 0.2) is 5.65 Å². The van der Waals surface area contributed by atoms with E-state index in [1.165, 1.54) is 37.8 Å². The van der Waals surface area contributed by atoms with Crippen LogP contribution < -0.4 is 14.5 Å². The normalized spacial score (nSPS) is 24.6. The van der Waals surface area contributed by atoms with Crippen molar-refractivity contribution in [1.29, 1.82) is 0 Å². The lowest BCUT2D eigenvalue weighted by molar-refractivity contribution is 0.0607. The van der Waals surface area contributed by atoms with Crippen LogP contribution >= 0.6 is 11.6 Å². The van der Waals surface area contributed by atoms with Gasteiger partial charge in [-0.1, -0.05) is 11.6 Å². The minimum Gasteiger partial charge on any atom is -0.356 e. The van der Waals surface area contributed by atoms with E-state index in [1.54, 1.807) is 6.07 Å². The number of hydrogen-bond donors (Lipinski definition) is 1. The van der Waals surface area contributed by atoms with Crippen LogP contribution in [0.1, 0.15) is 67.0 Å². The highest BCUT2D eigenvalue weighted by molar-refractivity contribution is 7.92. The molecule has 1 amide bonds. The topological polar surface area (TPSA) is 103 Å². The molecule has 0 unspecified atom stereocenters. The van der Waals surface area contributed by atoms with Gasteiger partial charge < -0.3 is 14.7 Å². The van der Waals surface area contributed by atoms with Crippen LogP contribution in [0.25, 0.3) is 5.65 Å². The molecule has 0 spiro atoms. The summed E-state index contributed by atoms with van der Waals surface area (Å²) in [6.07, 6.45) is 8.63. The molecule has 4 fully saturated rings. The number of aromatic nitrogens is 3. The summed E-state index contributed by atoms with van der Waals surface area (Å²) in [5.74, 6) is 2.57. The Morgan fingerprint density at radius 1 is 1.05 bits per heavy atom. The molecule has 10 nitrogen and oxygen atoms in total. The molecule has 212 valence electrons. The van der Waals surface area contributed by atoms with Gasteiger partial charge in [0, 0.05) is 49.4 Å². The molecule has 4 aliphatic rings. The van der Waals surface area contributed by atoms with E-state index in [0.29, 0.717) is 17.6 Å². The molecule has 12 heteroatoms. The maximum atomic E-state index is 14.0. The highest BCUT2D eigenvalue weighted by Crippen LogP contribution is 2.42. The number of hydrogen-bond acceptors (Lipinski definition) is 7. The lowest BCUT2D eigenvalue weighted by Crippen LogP contribution is -2.39. The number of halogens is 1. The first-order valence-corrected chi connectivity index (χ1v) is 16.5. The zero-order valence-corrected chi connectivity index (χ0v) is 24.2. The van der Waals surface area contributed by atoms with Crippen molar-refractivity contribution in [2.24, 2.45) is 5.92 Å². The molecule has 3 atom stereocenters. The zero-order valence-electron chi connectivity index (χ0n) is 22.6. The van der Waals surface area contributed by atoms with Crippen LogP contribution in [0, 0.1) is 5.92 Å². The molecule has 1 N–H and O–H groups in total. The fourth-order valence-electron chi connectivity index (χ4n) is 6.86. The van der Waals surface area contributed by atoms with E-state index in [9.17, 15) is 13.2 Å². The summed E-state index contributed by atoms with van der Waals surface area (Å²) in [6, 6.07) is 9.18. The number of piperidine rings is 2. The fourth-order valence-corrected chi connectivity index (χ4v) is 7.61. The van der Waals surface area contributed by atoms with Crippen LogP contribution in [0.3, 0.4) is 0 Å². The first-order valence-electron chi connectivity index (χ1n) is 14.2. The van der Waals surface area contributed by atoms with Crippen molar-refractivity contribution >= 4 is 50.5 Å². The Hall–Kier alpha value is -3.05. The Morgan fingerprint density at radius 2 is 1.90 bits per heavy atom. The van der Waals surface area contributed by atoms with Gasteiger partial charge in [0.1, 0.15) is 11.6 Å². The average Bonchev–Trinajstić information content (AvgIpc) is 3.63. The van der Waals surface area contributed by atoms with Crippen molar-refractivity contribution < 1.29 is 13.2 Å². The number of likely N-dealkylation sites (tertiary alicyclic amines) is 1. The number of carbonyl (C=O) groups is 1. The third-order valence-corrected chi connectivity index (χ3v) is 9.74. The number of nitrogens with zero attached hydrogens (tertiary/aromatic N) is 6. The summed E-state index contributed by atoms with van der Waals surface area (Å²) in [4.78, 5) is 25.6. The standard InChI is InChI=1S/C28H34ClN7O3S/c1-40(38,39)32-22-9-7-19(29)14-21(22)28(37)34-12-3-2-5-24(34)23-15-26-30-25(33-10-4-11-33)16-27(36(26)31-23)35-17-18-6-8-20(35)13-18/h7,9,14-16,18,20,24,32H,2-6,8,10-13,17H2,1H3/t18-,20+,24+/m1/s1. The number of carbonyl (C=O) groups excluding carboxylic acids is 1. The lowest BCUT2D eigenvalue weighted by Gasteiger charge is -2.35. The summed E-state index contributed by atoms with van der Waals surface area (Å²) in [7, 11) is -3.58. The van der Waals surface area contributed by atoms with Gasteiger partial charge in [-0.05, 0) is 69.1 Å². The van der Waals surface area contributed by atoms with Gasteiger partial charge in [-0.3, -0.25) is 9.52 Å². The van der Waals surface area contributed by atoms with Gasteiger partial charge >= 0.3 is 0 Å². The summed E-state index contributed by atoms with van der Waals surface area (Å²) in [6.45, 7) is 3.64. The van der Waals surface area contributed by atoms with E-state index in [4.69, 9.17) is 21.7 Å². The van der Waals surface area contributed by atoms with Gasteiger partial charge in [0.2, 0.25) is 10.0 Å². The highest BCUT2D eigenvalue weighted by atomic mass is 35.5. The predicted octanol–water partition coefficient (Wildman–Crippen LogP) is 4.32. The second-order valence-electron chi connectivity index (χ2n) is 11.7. The molecule has 0 radical (unpaired) electrons. The van der Waals surface area contributed by atoms with Crippen molar-refractivity contribution in [3.63, 3.8) is 0 Å². The summed E-state index contributed by atoms with van der Waals surface area (Å²) < 4.78 is 28.5. The minimum atomic E-state index is -3.58. The van der Waals surface area contributed by atoms with Gasteiger partial charge in [0.25, 0.3) is 5.91 Å². The van der Waals surface area contributed by atoms with Crippen LogP contribution in [0.5, 0.6) is 0 Å². The van der Waals surface area contributed by atoms with Gasteiger partial charge in [-0.2, -0.15) is 9.61 Å². The molecule has 1 aliphatic carbocycles. The number of rotatable bonds is 6. The van der Waals surface area contributed by atoms with Gasteiger partial charge in [-0.25, -0.2) is 13.4 Å².